The van der Waals surface area contributed by atoms with E-state index in [2.05, 4.69) is 22.5 Å². The number of hydrogen-bond donors (Lipinski definition) is 2. The van der Waals surface area contributed by atoms with E-state index in [0.717, 1.165) is 11.3 Å². The minimum atomic E-state index is -4.47. The summed E-state index contributed by atoms with van der Waals surface area (Å²) in [7, 11) is -3.69. The smallest absolute Gasteiger partial charge is 0.393 e. The van der Waals surface area contributed by atoms with Gasteiger partial charge in [-0.05, 0) is 48.7 Å². The van der Waals surface area contributed by atoms with Crippen LogP contribution >= 0.6 is 18.5 Å². The van der Waals surface area contributed by atoms with Gasteiger partial charge in [-0.25, -0.2) is 4.39 Å². The summed E-state index contributed by atoms with van der Waals surface area (Å²) in [5.41, 5.74) is 0.913. The molecule has 2 aromatic carbocycles. The molecule has 2 fully saturated rings. The van der Waals surface area contributed by atoms with Crippen LogP contribution in [0.1, 0.15) is 21.0 Å². The molecule has 0 spiro atoms. The average molecular weight is 627 g/mol. The summed E-state index contributed by atoms with van der Waals surface area (Å²) < 4.78 is 103. The van der Waals surface area contributed by atoms with Gasteiger partial charge in [-0.15, -0.1) is 11.3 Å². The van der Waals surface area contributed by atoms with Crippen molar-refractivity contribution in [2.24, 2.45) is 0 Å². The van der Waals surface area contributed by atoms with Crippen molar-refractivity contribution < 1.29 is 35.7 Å². The molecule has 0 bridgehead atoms. The normalized spacial score (nSPS) is 22.4. The predicted molar refractivity (Wildman–Crippen MR) is 162 cm³/mol. The highest BCUT2D eigenvalue weighted by atomic mass is 32.1. The first-order valence-electron chi connectivity index (χ1n) is 15.1. The maximum atomic E-state index is 14.8. The van der Waals surface area contributed by atoms with E-state index in [0.29, 0.717) is 65.3 Å². The second kappa shape index (κ2) is 12.8. The molecule has 2 saturated heterocycles. The number of halogens is 4. The number of alkyl halides is 4. The van der Waals surface area contributed by atoms with E-state index in [9.17, 15) is 22.1 Å². The number of nitrogens with zero attached hydrogens (tertiary/aromatic N) is 1. The lowest BCUT2D eigenvalue weighted by Crippen LogP contribution is -2.46. The number of thiophene rings is 1. The molecule has 0 aliphatic carbocycles. The van der Waals surface area contributed by atoms with Crippen LogP contribution in [0.15, 0.2) is 36.4 Å². The van der Waals surface area contributed by atoms with E-state index in [4.69, 9.17) is 13.6 Å². The maximum absolute atomic E-state index is 14.8. The highest BCUT2D eigenvalue weighted by Crippen LogP contribution is 2.47. The summed E-state index contributed by atoms with van der Waals surface area (Å²) in [5.74, 6) is 5.70. The average Bonchev–Trinajstić information content (AvgIpc) is 3.29. The maximum Gasteiger partial charge on any atom is 0.393 e. The van der Waals surface area contributed by atoms with Gasteiger partial charge >= 0.3 is 6.18 Å². The van der Waals surface area contributed by atoms with E-state index in [-0.39, 0.29) is 29.3 Å². The molecule has 5 rings (SSSR count). The number of methoxy groups -OCH3 is 1. The van der Waals surface area contributed by atoms with E-state index in [1.54, 1.807) is 30.3 Å². The van der Waals surface area contributed by atoms with Crippen LogP contribution in [-0.4, -0.2) is 82.5 Å². The second-order valence-electron chi connectivity index (χ2n) is 10.6. The summed E-state index contributed by atoms with van der Waals surface area (Å²) >= 11 is 1.12. The van der Waals surface area contributed by atoms with Crippen molar-refractivity contribution in [3.63, 3.8) is 0 Å². The second-order valence-corrected chi connectivity index (χ2v) is 14.8. The van der Waals surface area contributed by atoms with Crippen LogP contribution in [0.5, 0.6) is 5.75 Å². The van der Waals surface area contributed by atoms with E-state index in [1.165, 1.54) is 6.07 Å². The molecule has 226 valence electrons. The quantitative estimate of drug-likeness (QED) is 0.192. The van der Waals surface area contributed by atoms with Crippen LogP contribution < -0.4 is 20.7 Å². The molecule has 6 nitrogen and oxygen atoms in total. The molecule has 3 heterocycles. The first-order valence-corrected chi connectivity index (χ1v) is 16.5. The van der Waals surface area contributed by atoms with Gasteiger partial charge in [-0.3, -0.25) is 0 Å². The summed E-state index contributed by atoms with van der Waals surface area (Å²) in [4.78, 5) is 2.14. The third-order valence-corrected chi connectivity index (χ3v) is 11.8. The molecule has 0 saturated carbocycles. The van der Waals surface area contributed by atoms with E-state index >= 15 is 0 Å². The molecule has 2 N–H and O–H groups in total. The lowest BCUT2D eigenvalue weighted by atomic mass is 10.0. The van der Waals surface area contributed by atoms with Crippen molar-refractivity contribution in [3.05, 3.63) is 46.8 Å². The molecule has 0 unspecified atom stereocenters. The number of ether oxygens (including phenoxy) is 2. The third-order valence-electron chi connectivity index (χ3n) is 7.59. The Morgan fingerprint density at radius 2 is 2.05 bits per heavy atom. The predicted octanol–water partition coefficient (Wildman–Crippen LogP) is 5.95. The van der Waals surface area contributed by atoms with Crippen molar-refractivity contribution in [2.75, 3.05) is 69.9 Å². The molecule has 2 atom stereocenters. The molecule has 2 aliphatic heterocycles. The Morgan fingerprint density at radius 3 is 2.79 bits per heavy atom. The molecule has 2 aliphatic rings. The minimum Gasteiger partial charge on any atom is -0.495 e. The summed E-state index contributed by atoms with van der Waals surface area (Å²) in [5, 5.41) is 7.11. The van der Waals surface area contributed by atoms with Crippen molar-refractivity contribution in [1.82, 2.24) is 4.90 Å². The number of fused-ring (bicyclic) bond motifs is 1. The number of rotatable bonds is 7. The molecule has 1 aromatic heterocycles. The van der Waals surface area contributed by atoms with Gasteiger partial charge < -0.3 is 29.6 Å². The van der Waals surface area contributed by atoms with E-state index in [1.807, 2.05) is 11.9 Å². The van der Waals surface area contributed by atoms with Gasteiger partial charge in [0.2, 0.25) is 0 Å². The Bertz CT molecular complexity index is 1630. The fraction of sp³-hybridized carbons (Fsp3) is 0.467. The first kappa shape index (κ1) is 26.8. The number of benzene rings is 2. The van der Waals surface area contributed by atoms with Gasteiger partial charge in [0.15, 0.2) is 0 Å². The van der Waals surface area contributed by atoms with E-state index < -0.39 is 39.0 Å². The lowest BCUT2D eigenvalue weighted by molar-refractivity contribution is -0.126. The Balaban J connectivity index is 1.40. The molecular weight excluding hydrogens is 589 g/mol. The van der Waals surface area contributed by atoms with Crippen LogP contribution in [0.3, 0.4) is 0 Å². The molecule has 3 aromatic rings. The van der Waals surface area contributed by atoms with Gasteiger partial charge in [0, 0.05) is 30.7 Å². The number of anilines is 2. The van der Waals surface area contributed by atoms with Crippen LogP contribution in [-0.2, 0) is 15.7 Å². The van der Waals surface area contributed by atoms with Crippen molar-refractivity contribution in [2.45, 2.75) is 31.2 Å². The fourth-order valence-corrected chi connectivity index (χ4v) is 8.79. The number of hydrogen-bond acceptors (Lipinski definition) is 7. The summed E-state index contributed by atoms with van der Waals surface area (Å²) in [6.45, 7) is 1.64. The zero-order valence-corrected chi connectivity index (χ0v) is 24.7. The third kappa shape index (κ3) is 7.05. The largest absolute Gasteiger partial charge is 0.495 e. The van der Waals surface area contributed by atoms with Crippen LogP contribution in [0.4, 0.5) is 28.9 Å². The summed E-state index contributed by atoms with van der Waals surface area (Å²) in [6.07, 6.45) is -5.51. The van der Waals surface area contributed by atoms with Gasteiger partial charge in [-0.1, -0.05) is 24.0 Å². The van der Waals surface area contributed by atoms with Crippen molar-refractivity contribution in [3.8, 4) is 17.6 Å². The minimum absolute atomic E-state index is 0.0218. The SMILES string of the molecule is [2H]C([2H])([2H])Oc1cc(P2(=O)CCOCC2)ccc1NCC#Cc1sc2c(N[C@@H]3CCN(C)C[C@@H]3F)cccc2c1CC(F)(F)F. The number of nitrogens with one attached hydrogen (secondary N) is 2. The van der Waals surface area contributed by atoms with Crippen molar-refractivity contribution in [1.29, 1.82) is 0 Å². The molecule has 12 heteroatoms. The highest BCUT2D eigenvalue weighted by molar-refractivity contribution is 7.71. The summed E-state index contributed by atoms with van der Waals surface area (Å²) in [6, 6.07) is 9.24. The van der Waals surface area contributed by atoms with Gasteiger partial charge in [-0.2, -0.15) is 13.2 Å². The highest BCUT2D eigenvalue weighted by Gasteiger charge is 2.32. The van der Waals surface area contributed by atoms with Crippen molar-refractivity contribution >= 4 is 45.2 Å². The number of likely N-dealkylation sites (tertiary alicyclic amines) is 1. The van der Waals surface area contributed by atoms with Crippen LogP contribution in [0, 0.1) is 11.8 Å². The Morgan fingerprint density at radius 1 is 1.24 bits per heavy atom. The zero-order chi connectivity index (χ0) is 32.4. The zero-order valence-electron chi connectivity index (χ0n) is 26.0. The van der Waals surface area contributed by atoms with Crippen LogP contribution in [0.2, 0.25) is 0 Å². The molecular formula is C30H34F4N3O3PS. The standard InChI is InChI=1S/C30H34F4N3O3PS/c1-37-12-10-24(23(31)19-37)36-26-6-3-5-21-22(18-30(32,33)34)28(42-29(21)26)7-4-11-35-25-9-8-20(17-27(25)39-2)41(38)15-13-40-14-16-41/h3,5-6,8-9,17,23-24,35-36H,10-16,18-19H2,1-2H3/t23-,24+/m0/s1/i2D3. The Hall–Kier alpha value is -2.77. The lowest BCUT2D eigenvalue weighted by Gasteiger charge is -2.33. The molecule has 0 radical (unpaired) electrons. The Kier molecular flexibility index (Phi) is 8.20. The van der Waals surface area contributed by atoms with Crippen LogP contribution in [0.25, 0.3) is 10.1 Å². The van der Waals surface area contributed by atoms with Gasteiger partial charge in [0.1, 0.15) is 19.1 Å². The Labute approximate surface area is 251 Å². The van der Waals surface area contributed by atoms with Gasteiger partial charge in [0.05, 0.1) is 64.3 Å². The molecule has 0 amide bonds. The first-order chi connectivity index (χ1) is 21.2. The number of piperidine rings is 1. The monoisotopic (exact) mass is 626 g/mol. The van der Waals surface area contributed by atoms with Gasteiger partial charge in [0.25, 0.3) is 0 Å². The topological polar surface area (TPSA) is 62.8 Å². The molecule has 42 heavy (non-hydrogen) atoms. The fourth-order valence-electron chi connectivity index (χ4n) is 5.34.